The van der Waals surface area contributed by atoms with Gasteiger partial charge >= 0.3 is 0 Å². The summed E-state index contributed by atoms with van der Waals surface area (Å²) in [5.41, 5.74) is 1.96. The maximum atomic E-state index is 12.5. The van der Waals surface area contributed by atoms with Crippen LogP contribution in [0.1, 0.15) is 18.4 Å². The molecule has 140 valence electrons. The normalized spacial score (nSPS) is 19.1. The molecule has 1 atom stereocenters. The van der Waals surface area contributed by atoms with Crippen molar-refractivity contribution in [2.45, 2.75) is 18.9 Å². The predicted molar refractivity (Wildman–Crippen MR) is 104 cm³/mol. The smallest absolute Gasteiger partial charge is 0.246 e. The Kier molecular flexibility index (Phi) is 5.23. The molecular formula is C21H23N3O3. The minimum atomic E-state index is 0.0421. The number of pyridine rings is 1. The molecule has 1 aromatic carbocycles. The van der Waals surface area contributed by atoms with Crippen molar-refractivity contribution in [2.24, 2.45) is 0 Å². The van der Waals surface area contributed by atoms with E-state index < -0.39 is 0 Å². The first-order valence-electron chi connectivity index (χ1n) is 9.31. The Balaban J connectivity index is 1.36. The van der Waals surface area contributed by atoms with E-state index in [1.807, 2.05) is 41.3 Å². The molecule has 1 aromatic heterocycles. The van der Waals surface area contributed by atoms with Crippen LogP contribution in [-0.2, 0) is 4.79 Å². The van der Waals surface area contributed by atoms with Crippen LogP contribution < -0.4 is 14.8 Å². The van der Waals surface area contributed by atoms with Crippen LogP contribution in [0.5, 0.6) is 11.5 Å². The standard InChI is InChI=1S/C21H23N3O3/c25-21(6-3-16-7-9-22-10-8-16)24-11-1-2-18(15-24)23-17-4-5-19-20(14-17)27-13-12-26-19/h3-10,14,18,23H,1-2,11-13,15H2/b6-3+. The monoisotopic (exact) mass is 365 g/mol. The highest BCUT2D eigenvalue weighted by molar-refractivity contribution is 5.91. The molecule has 1 amide bonds. The number of amides is 1. The zero-order valence-electron chi connectivity index (χ0n) is 15.1. The number of rotatable bonds is 4. The molecule has 1 N–H and O–H groups in total. The molecule has 3 heterocycles. The van der Waals surface area contributed by atoms with Gasteiger partial charge in [-0.05, 0) is 48.7 Å². The van der Waals surface area contributed by atoms with Gasteiger partial charge in [-0.1, -0.05) is 0 Å². The highest BCUT2D eigenvalue weighted by Gasteiger charge is 2.23. The summed E-state index contributed by atoms with van der Waals surface area (Å²) < 4.78 is 11.2. The van der Waals surface area contributed by atoms with E-state index in [9.17, 15) is 4.79 Å². The number of carbonyl (C=O) groups is 1. The van der Waals surface area contributed by atoms with E-state index in [0.29, 0.717) is 19.8 Å². The quantitative estimate of drug-likeness (QED) is 0.844. The lowest BCUT2D eigenvalue weighted by Crippen LogP contribution is -2.44. The minimum absolute atomic E-state index is 0.0421. The van der Waals surface area contributed by atoms with Crippen molar-refractivity contribution >= 4 is 17.7 Å². The molecule has 27 heavy (non-hydrogen) atoms. The van der Waals surface area contributed by atoms with Crippen LogP contribution in [0.15, 0.2) is 48.8 Å². The highest BCUT2D eigenvalue weighted by Crippen LogP contribution is 2.33. The number of likely N-dealkylation sites (tertiary alicyclic amines) is 1. The van der Waals surface area contributed by atoms with Crippen molar-refractivity contribution < 1.29 is 14.3 Å². The summed E-state index contributed by atoms with van der Waals surface area (Å²) in [6, 6.07) is 9.88. The maximum Gasteiger partial charge on any atom is 0.246 e. The van der Waals surface area contributed by atoms with Gasteiger partial charge in [-0.15, -0.1) is 0 Å². The molecule has 0 aliphatic carbocycles. The number of hydrogen-bond donors (Lipinski definition) is 1. The molecule has 1 saturated heterocycles. The minimum Gasteiger partial charge on any atom is -0.486 e. The number of nitrogens with zero attached hydrogens (tertiary/aromatic N) is 2. The van der Waals surface area contributed by atoms with E-state index in [4.69, 9.17) is 9.47 Å². The fourth-order valence-electron chi connectivity index (χ4n) is 3.41. The molecule has 6 nitrogen and oxygen atoms in total. The van der Waals surface area contributed by atoms with E-state index in [2.05, 4.69) is 10.3 Å². The summed E-state index contributed by atoms with van der Waals surface area (Å²) in [6.45, 7) is 2.64. The molecule has 1 fully saturated rings. The van der Waals surface area contributed by atoms with Gasteiger partial charge in [-0.2, -0.15) is 0 Å². The second-order valence-corrected chi connectivity index (χ2v) is 6.74. The summed E-state index contributed by atoms with van der Waals surface area (Å²) in [4.78, 5) is 18.4. The fourth-order valence-corrected chi connectivity index (χ4v) is 3.41. The first-order chi connectivity index (χ1) is 13.3. The average Bonchev–Trinajstić information content (AvgIpc) is 2.73. The Hall–Kier alpha value is -3.02. The van der Waals surface area contributed by atoms with E-state index in [1.165, 1.54) is 0 Å². The van der Waals surface area contributed by atoms with E-state index in [0.717, 1.165) is 42.1 Å². The molecule has 1 unspecified atom stereocenters. The highest BCUT2D eigenvalue weighted by atomic mass is 16.6. The number of ether oxygens (including phenoxy) is 2. The first kappa shape index (κ1) is 17.4. The third kappa shape index (κ3) is 4.39. The lowest BCUT2D eigenvalue weighted by atomic mass is 10.0. The molecule has 2 aliphatic heterocycles. The molecule has 0 bridgehead atoms. The summed E-state index contributed by atoms with van der Waals surface area (Å²) in [7, 11) is 0. The lowest BCUT2D eigenvalue weighted by Gasteiger charge is -2.33. The van der Waals surface area contributed by atoms with Crippen LogP contribution in [0.2, 0.25) is 0 Å². The second-order valence-electron chi connectivity index (χ2n) is 6.74. The number of carbonyl (C=O) groups excluding carboxylic acids is 1. The summed E-state index contributed by atoms with van der Waals surface area (Å²) >= 11 is 0. The van der Waals surface area contributed by atoms with Crippen molar-refractivity contribution in [1.82, 2.24) is 9.88 Å². The van der Waals surface area contributed by atoms with Crippen LogP contribution >= 0.6 is 0 Å². The molecule has 2 aromatic rings. The van der Waals surface area contributed by atoms with Gasteiger partial charge < -0.3 is 19.7 Å². The fraction of sp³-hybridized carbons (Fsp3) is 0.333. The number of hydrogen-bond acceptors (Lipinski definition) is 5. The van der Waals surface area contributed by atoms with Gasteiger partial charge in [0.15, 0.2) is 11.5 Å². The zero-order chi connectivity index (χ0) is 18.5. The summed E-state index contributed by atoms with van der Waals surface area (Å²) in [5.74, 6) is 1.60. The van der Waals surface area contributed by atoms with Crippen LogP contribution in [0.3, 0.4) is 0 Å². The molecule has 0 radical (unpaired) electrons. The molecule has 6 heteroatoms. The second kappa shape index (κ2) is 8.12. The number of anilines is 1. The Labute approximate surface area is 158 Å². The third-order valence-electron chi connectivity index (χ3n) is 4.77. The van der Waals surface area contributed by atoms with Crippen molar-refractivity contribution in [1.29, 1.82) is 0 Å². The number of piperidine rings is 1. The van der Waals surface area contributed by atoms with Gasteiger partial charge in [-0.3, -0.25) is 9.78 Å². The SMILES string of the molecule is O=C(/C=C/c1ccncc1)N1CCCC(Nc2ccc3c(c2)OCCO3)C1. The van der Waals surface area contributed by atoms with Crippen LogP contribution in [-0.4, -0.2) is 48.1 Å². The van der Waals surface area contributed by atoms with Gasteiger partial charge in [0.2, 0.25) is 5.91 Å². The number of nitrogens with one attached hydrogen (secondary N) is 1. The van der Waals surface area contributed by atoms with Crippen LogP contribution in [0, 0.1) is 0 Å². The summed E-state index contributed by atoms with van der Waals surface area (Å²) in [6.07, 6.45) is 8.93. The lowest BCUT2D eigenvalue weighted by molar-refractivity contribution is -0.126. The van der Waals surface area contributed by atoms with E-state index in [-0.39, 0.29) is 11.9 Å². The van der Waals surface area contributed by atoms with Crippen molar-refractivity contribution in [2.75, 3.05) is 31.6 Å². The van der Waals surface area contributed by atoms with Gasteiger partial charge in [-0.25, -0.2) is 0 Å². The Morgan fingerprint density at radius 2 is 1.96 bits per heavy atom. The molecular weight excluding hydrogens is 342 g/mol. The van der Waals surface area contributed by atoms with Gasteiger partial charge in [0.05, 0.1) is 0 Å². The first-order valence-corrected chi connectivity index (χ1v) is 9.31. The van der Waals surface area contributed by atoms with E-state index in [1.54, 1.807) is 18.5 Å². The predicted octanol–water partition coefficient (Wildman–Crippen LogP) is 2.97. The van der Waals surface area contributed by atoms with Gasteiger partial charge in [0, 0.05) is 49.4 Å². The maximum absolute atomic E-state index is 12.5. The topological polar surface area (TPSA) is 63.7 Å². The van der Waals surface area contributed by atoms with Crippen molar-refractivity contribution in [3.63, 3.8) is 0 Å². The van der Waals surface area contributed by atoms with Gasteiger partial charge in [0.1, 0.15) is 13.2 Å². The Morgan fingerprint density at radius 3 is 2.81 bits per heavy atom. The Morgan fingerprint density at radius 1 is 1.15 bits per heavy atom. The molecule has 0 spiro atoms. The van der Waals surface area contributed by atoms with Crippen LogP contribution in [0.25, 0.3) is 6.08 Å². The van der Waals surface area contributed by atoms with E-state index >= 15 is 0 Å². The van der Waals surface area contributed by atoms with Gasteiger partial charge in [0.25, 0.3) is 0 Å². The van der Waals surface area contributed by atoms with Crippen molar-refractivity contribution in [3.05, 3.63) is 54.4 Å². The average molecular weight is 365 g/mol. The summed E-state index contributed by atoms with van der Waals surface area (Å²) in [5, 5.41) is 3.53. The molecule has 4 rings (SSSR count). The zero-order valence-corrected chi connectivity index (χ0v) is 15.1. The molecule has 0 saturated carbocycles. The number of aromatic nitrogens is 1. The largest absolute Gasteiger partial charge is 0.486 e. The molecule has 2 aliphatic rings. The van der Waals surface area contributed by atoms with Crippen LogP contribution in [0.4, 0.5) is 5.69 Å². The van der Waals surface area contributed by atoms with Crippen molar-refractivity contribution in [3.8, 4) is 11.5 Å². The number of benzene rings is 1. The number of fused-ring (bicyclic) bond motifs is 1. The third-order valence-corrected chi connectivity index (χ3v) is 4.77. The Bertz CT molecular complexity index is 823.